The van der Waals surface area contributed by atoms with Crippen molar-refractivity contribution in [3.05, 3.63) is 59.1 Å². The number of amides is 2. The van der Waals surface area contributed by atoms with E-state index >= 15 is 0 Å². The largest absolute Gasteiger partial charge is 0.322 e. The zero-order chi connectivity index (χ0) is 15.4. The fourth-order valence-electron chi connectivity index (χ4n) is 1.78. The summed E-state index contributed by atoms with van der Waals surface area (Å²) in [5, 5.41) is 3.37. The summed E-state index contributed by atoms with van der Waals surface area (Å²) >= 11 is 5.79. The zero-order valence-corrected chi connectivity index (χ0v) is 12.5. The summed E-state index contributed by atoms with van der Waals surface area (Å²) in [6.07, 6.45) is 0. The monoisotopic (exact) mass is 302 g/mol. The van der Waals surface area contributed by atoms with Gasteiger partial charge in [-0.05, 0) is 42.5 Å². The Morgan fingerprint density at radius 1 is 1.10 bits per heavy atom. The fourth-order valence-corrected chi connectivity index (χ4v) is 1.90. The lowest BCUT2D eigenvalue weighted by molar-refractivity contribution is -0.116. The molecule has 0 unspecified atom stereocenters. The van der Waals surface area contributed by atoms with Crippen LogP contribution in [0.3, 0.4) is 0 Å². The highest BCUT2D eigenvalue weighted by molar-refractivity contribution is 6.30. The van der Waals surface area contributed by atoms with E-state index in [1.807, 2.05) is 0 Å². The summed E-state index contributed by atoms with van der Waals surface area (Å²) in [4.78, 5) is 25.0. The third-order valence-electron chi connectivity index (χ3n) is 3.07. The maximum absolute atomic E-state index is 12.1. The Labute approximate surface area is 128 Å². The van der Waals surface area contributed by atoms with E-state index < -0.39 is 0 Å². The average molecular weight is 303 g/mol. The SMILES string of the molecule is CC(=O)N(C)c1cccc(NC(=O)c2ccc(Cl)cc2)c1. The van der Waals surface area contributed by atoms with E-state index in [9.17, 15) is 9.59 Å². The van der Waals surface area contributed by atoms with Crippen molar-refractivity contribution in [2.24, 2.45) is 0 Å². The summed E-state index contributed by atoms with van der Waals surface area (Å²) in [6, 6.07) is 13.7. The first-order chi connectivity index (χ1) is 9.97. The molecule has 0 radical (unpaired) electrons. The minimum absolute atomic E-state index is 0.0730. The molecule has 0 spiro atoms. The van der Waals surface area contributed by atoms with Crippen molar-refractivity contribution in [2.75, 3.05) is 17.3 Å². The highest BCUT2D eigenvalue weighted by atomic mass is 35.5. The van der Waals surface area contributed by atoms with Crippen molar-refractivity contribution in [1.29, 1.82) is 0 Å². The summed E-state index contributed by atoms with van der Waals surface area (Å²) in [7, 11) is 1.68. The Morgan fingerprint density at radius 2 is 1.76 bits per heavy atom. The van der Waals surface area contributed by atoms with E-state index in [1.54, 1.807) is 55.6 Å². The van der Waals surface area contributed by atoms with Crippen LogP contribution in [-0.2, 0) is 4.79 Å². The van der Waals surface area contributed by atoms with E-state index in [-0.39, 0.29) is 11.8 Å². The van der Waals surface area contributed by atoms with Gasteiger partial charge in [0.15, 0.2) is 0 Å². The van der Waals surface area contributed by atoms with E-state index in [2.05, 4.69) is 5.32 Å². The lowest BCUT2D eigenvalue weighted by Crippen LogP contribution is -2.23. The Balaban J connectivity index is 2.16. The Kier molecular flexibility index (Phi) is 4.60. The molecule has 2 aromatic rings. The summed E-state index contributed by atoms with van der Waals surface area (Å²) in [5.74, 6) is -0.300. The molecule has 0 heterocycles. The van der Waals surface area contributed by atoms with Crippen molar-refractivity contribution >= 4 is 34.8 Å². The van der Waals surface area contributed by atoms with Crippen LogP contribution in [0.25, 0.3) is 0 Å². The summed E-state index contributed by atoms with van der Waals surface area (Å²) in [6.45, 7) is 1.49. The first kappa shape index (κ1) is 15.1. The van der Waals surface area contributed by atoms with Gasteiger partial charge in [0.05, 0.1) is 0 Å². The first-order valence-corrected chi connectivity index (χ1v) is 6.76. The Hall–Kier alpha value is -2.33. The number of nitrogens with one attached hydrogen (secondary N) is 1. The number of anilines is 2. The van der Waals surface area contributed by atoms with Crippen LogP contribution in [0.4, 0.5) is 11.4 Å². The van der Waals surface area contributed by atoms with Gasteiger partial charge in [-0.1, -0.05) is 17.7 Å². The third-order valence-corrected chi connectivity index (χ3v) is 3.32. The van der Waals surface area contributed by atoms with Gasteiger partial charge in [-0.3, -0.25) is 9.59 Å². The molecule has 4 nitrogen and oxygen atoms in total. The molecule has 108 valence electrons. The minimum atomic E-state index is -0.228. The Morgan fingerprint density at radius 3 is 2.38 bits per heavy atom. The van der Waals surface area contributed by atoms with Crippen LogP contribution < -0.4 is 10.2 Å². The van der Waals surface area contributed by atoms with Crippen molar-refractivity contribution in [2.45, 2.75) is 6.92 Å². The molecule has 0 bridgehead atoms. The van der Waals surface area contributed by atoms with Gasteiger partial charge in [-0.15, -0.1) is 0 Å². The van der Waals surface area contributed by atoms with Crippen molar-refractivity contribution < 1.29 is 9.59 Å². The molecule has 2 aromatic carbocycles. The zero-order valence-electron chi connectivity index (χ0n) is 11.8. The second kappa shape index (κ2) is 6.41. The second-order valence-corrected chi connectivity index (χ2v) is 5.03. The smallest absolute Gasteiger partial charge is 0.255 e. The molecule has 1 N–H and O–H groups in total. The van der Waals surface area contributed by atoms with Crippen LogP contribution in [0.5, 0.6) is 0 Å². The highest BCUT2D eigenvalue weighted by Gasteiger charge is 2.09. The molecule has 5 heteroatoms. The lowest BCUT2D eigenvalue weighted by atomic mass is 10.2. The highest BCUT2D eigenvalue weighted by Crippen LogP contribution is 2.19. The first-order valence-electron chi connectivity index (χ1n) is 6.38. The van der Waals surface area contributed by atoms with Gasteiger partial charge in [-0.25, -0.2) is 0 Å². The van der Waals surface area contributed by atoms with Gasteiger partial charge in [0, 0.05) is 35.9 Å². The fraction of sp³-hybridized carbons (Fsp3) is 0.125. The van der Waals surface area contributed by atoms with Crippen molar-refractivity contribution in [1.82, 2.24) is 0 Å². The van der Waals surface area contributed by atoms with Gasteiger partial charge in [0.2, 0.25) is 5.91 Å². The van der Waals surface area contributed by atoms with Crippen LogP contribution in [-0.4, -0.2) is 18.9 Å². The van der Waals surface area contributed by atoms with Gasteiger partial charge in [-0.2, -0.15) is 0 Å². The third kappa shape index (κ3) is 3.83. The van der Waals surface area contributed by atoms with E-state index in [0.29, 0.717) is 16.3 Å². The summed E-state index contributed by atoms with van der Waals surface area (Å²) in [5.41, 5.74) is 1.86. The number of benzene rings is 2. The van der Waals surface area contributed by atoms with Crippen molar-refractivity contribution in [3.63, 3.8) is 0 Å². The average Bonchev–Trinajstić information content (AvgIpc) is 2.47. The predicted molar refractivity (Wildman–Crippen MR) is 84.9 cm³/mol. The van der Waals surface area contributed by atoms with E-state index in [1.165, 1.54) is 11.8 Å². The topological polar surface area (TPSA) is 49.4 Å². The van der Waals surface area contributed by atoms with Crippen LogP contribution >= 0.6 is 11.6 Å². The molecule has 0 aliphatic heterocycles. The van der Waals surface area contributed by atoms with Gasteiger partial charge >= 0.3 is 0 Å². The molecule has 0 aliphatic rings. The predicted octanol–water partition coefficient (Wildman–Crippen LogP) is 3.58. The van der Waals surface area contributed by atoms with E-state index in [0.717, 1.165) is 5.69 Å². The number of nitrogens with zero attached hydrogens (tertiary/aromatic N) is 1. The molecule has 0 atom stereocenters. The molecule has 0 aromatic heterocycles. The number of carbonyl (C=O) groups is 2. The molecule has 0 saturated carbocycles. The lowest BCUT2D eigenvalue weighted by Gasteiger charge is -2.16. The molecule has 2 amide bonds. The number of rotatable bonds is 3. The maximum Gasteiger partial charge on any atom is 0.255 e. The van der Waals surface area contributed by atoms with Crippen LogP contribution in [0.15, 0.2) is 48.5 Å². The number of carbonyl (C=O) groups excluding carboxylic acids is 2. The van der Waals surface area contributed by atoms with Crippen LogP contribution in [0.2, 0.25) is 5.02 Å². The number of halogens is 1. The Bertz CT molecular complexity index is 668. The second-order valence-electron chi connectivity index (χ2n) is 4.59. The molecule has 0 aliphatic carbocycles. The molecule has 2 rings (SSSR count). The van der Waals surface area contributed by atoms with Gasteiger partial charge in [0.25, 0.3) is 5.91 Å². The normalized spacial score (nSPS) is 10.0. The molecular weight excluding hydrogens is 288 g/mol. The minimum Gasteiger partial charge on any atom is -0.322 e. The van der Waals surface area contributed by atoms with Crippen LogP contribution in [0, 0.1) is 0 Å². The molecule has 0 saturated heterocycles. The molecule has 21 heavy (non-hydrogen) atoms. The van der Waals surface area contributed by atoms with E-state index in [4.69, 9.17) is 11.6 Å². The quantitative estimate of drug-likeness (QED) is 0.942. The van der Waals surface area contributed by atoms with Crippen molar-refractivity contribution in [3.8, 4) is 0 Å². The van der Waals surface area contributed by atoms with Crippen LogP contribution in [0.1, 0.15) is 17.3 Å². The van der Waals surface area contributed by atoms with Gasteiger partial charge < -0.3 is 10.2 Å². The molecular formula is C16H15ClN2O2. The standard InChI is InChI=1S/C16H15ClN2O2/c1-11(20)19(2)15-5-3-4-14(10-15)18-16(21)12-6-8-13(17)9-7-12/h3-10H,1-2H3,(H,18,21). The summed E-state index contributed by atoms with van der Waals surface area (Å²) < 4.78 is 0. The number of hydrogen-bond donors (Lipinski definition) is 1. The van der Waals surface area contributed by atoms with Gasteiger partial charge in [0.1, 0.15) is 0 Å². The molecule has 0 fully saturated rings. The maximum atomic E-state index is 12.1. The number of hydrogen-bond acceptors (Lipinski definition) is 2.